The van der Waals surface area contributed by atoms with Crippen molar-refractivity contribution in [1.29, 1.82) is 0 Å². The molecule has 1 aromatic carbocycles. The summed E-state index contributed by atoms with van der Waals surface area (Å²) in [5.41, 5.74) is 2.85. The number of hydrogen-bond acceptors (Lipinski definition) is 5. The maximum absolute atomic E-state index is 5.68. The van der Waals surface area contributed by atoms with Crippen LogP contribution in [0.1, 0.15) is 19.4 Å². The van der Waals surface area contributed by atoms with E-state index in [1.165, 1.54) is 17.3 Å². The number of aromatic nitrogens is 2. The zero-order valence-electron chi connectivity index (χ0n) is 12.0. The van der Waals surface area contributed by atoms with E-state index in [4.69, 9.17) is 4.42 Å². The maximum Gasteiger partial charge on any atom is 0.263 e. The Labute approximate surface area is 128 Å². The van der Waals surface area contributed by atoms with E-state index in [1.807, 2.05) is 36.5 Å². The van der Waals surface area contributed by atoms with E-state index in [9.17, 15) is 0 Å². The van der Waals surface area contributed by atoms with Crippen molar-refractivity contribution < 1.29 is 4.42 Å². The number of oxazole rings is 1. The van der Waals surface area contributed by atoms with Gasteiger partial charge in [-0.25, -0.2) is 9.97 Å². The van der Waals surface area contributed by atoms with Gasteiger partial charge in [0.1, 0.15) is 10.5 Å². The van der Waals surface area contributed by atoms with Gasteiger partial charge in [0, 0.05) is 18.8 Å². The first-order chi connectivity index (χ1) is 10.2. The lowest BCUT2D eigenvalue weighted by Gasteiger charge is -2.07. The highest BCUT2D eigenvalue weighted by Crippen LogP contribution is 2.28. The third-order valence-corrected chi connectivity index (χ3v) is 3.78. The topological polar surface area (TPSA) is 51.0 Å². The Morgan fingerprint density at radius 1 is 1.19 bits per heavy atom. The molecular weight excluding hydrogens is 282 g/mol. The first kappa shape index (κ1) is 14.1. The average Bonchev–Trinajstić information content (AvgIpc) is 2.88. The Morgan fingerprint density at radius 3 is 2.76 bits per heavy atom. The summed E-state index contributed by atoms with van der Waals surface area (Å²) < 4.78 is 5.68. The molecule has 1 N–H and O–H groups in total. The van der Waals surface area contributed by atoms with Crippen molar-refractivity contribution in [1.82, 2.24) is 15.3 Å². The van der Waals surface area contributed by atoms with E-state index in [0.29, 0.717) is 11.3 Å². The van der Waals surface area contributed by atoms with Crippen LogP contribution in [0.5, 0.6) is 0 Å². The standard InChI is InChI=1S/C16H17N3OS/c1-11(2)17-9-12-7-8-15(18-10-12)21-16-19-13-5-3-4-6-14(13)20-16/h3-8,10-11,17H,9H2,1-2H3. The van der Waals surface area contributed by atoms with Crippen LogP contribution < -0.4 is 5.32 Å². The number of benzene rings is 1. The Kier molecular flexibility index (Phi) is 4.22. The molecule has 0 aliphatic heterocycles. The van der Waals surface area contributed by atoms with E-state index in [-0.39, 0.29) is 0 Å². The maximum atomic E-state index is 5.68. The monoisotopic (exact) mass is 299 g/mol. The largest absolute Gasteiger partial charge is 0.431 e. The van der Waals surface area contributed by atoms with Crippen LogP contribution in [-0.4, -0.2) is 16.0 Å². The van der Waals surface area contributed by atoms with Crippen molar-refractivity contribution in [2.45, 2.75) is 36.7 Å². The highest BCUT2D eigenvalue weighted by atomic mass is 32.2. The summed E-state index contributed by atoms with van der Waals surface area (Å²) in [6.07, 6.45) is 1.89. The van der Waals surface area contributed by atoms with Crippen molar-refractivity contribution >= 4 is 22.9 Å². The first-order valence-electron chi connectivity index (χ1n) is 6.92. The molecule has 0 fully saturated rings. The van der Waals surface area contributed by atoms with Gasteiger partial charge in [-0.15, -0.1) is 0 Å². The molecule has 0 unspecified atom stereocenters. The third kappa shape index (κ3) is 3.62. The lowest BCUT2D eigenvalue weighted by atomic mass is 10.2. The predicted octanol–water partition coefficient (Wildman–Crippen LogP) is 3.87. The van der Waals surface area contributed by atoms with Gasteiger partial charge in [0.15, 0.2) is 5.58 Å². The summed E-state index contributed by atoms with van der Waals surface area (Å²) >= 11 is 1.44. The molecule has 0 saturated heterocycles. The smallest absolute Gasteiger partial charge is 0.263 e. The number of hydrogen-bond donors (Lipinski definition) is 1. The highest BCUT2D eigenvalue weighted by molar-refractivity contribution is 7.99. The van der Waals surface area contributed by atoms with Gasteiger partial charge in [-0.1, -0.05) is 32.0 Å². The first-order valence-corrected chi connectivity index (χ1v) is 7.74. The fourth-order valence-electron chi connectivity index (χ4n) is 1.88. The summed E-state index contributed by atoms with van der Waals surface area (Å²) in [5.74, 6) is 0. The van der Waals surface area contributed by atoms with E-state index in [2.05, 4.69) is 35.2 Å². The summed E-state index contributed by atoms with van der Waals surface area (Å²) in [7, 11) is 0. The average molecular weight is 299 g/mol. The fraction of sp³-hybridized carbons (Fsp3) is 0.250. The van der Waals surface area contributed by atoms with Gasteiger partial charge in [-0.2, -0.15) is 0 Å². The summed E-state index contributed by atoms with van der Waals surface area (Å²) in [6, 6.07) is 12.3. The summed E-state index contributed by atoms with van der Waals surface area (Å²) in [4.78, 5) is 8.88. The molecule has 0 atom stereocenters. The fourth-order valence-corrected chi connectivity index (χ4v) is 2.58. The molecule has 2 heterocycles. The number of para-hydroxylation sites is 2. The molecule has 3 aromatic rings. The lowest BCUT2D eigenvalue weighted by Crippen LogP contribution is -2.21. The minimum atomic E-state index is 0.471. The van der Waals surface area contributed by atoms with Gasteiger partial charge in [-0.05, 0) is 35.5 Å². The van der Waals surface area contributed by atoms with Crippen LogP contribution in [0.15, 0.2) is 57.3 Å². The minimum absolute atomic E-state index is 0.471. The molecule has 0 aliphatic rings. The number of nitrogens with one attached hydrogen (secondary N) is 1. The minimum Gasteiger partial charge on any atom is -0.431 e. The molecule has 0 aliphatic carbocycles. The van der Waals surface area contributed by atoms with Gasteiger partial charge >= 0.3 is 0 Å². The second-order valence-corrected chi connectivity index (χ2v) is 6.06. The van der Waals surface area contributed by atoms with Crippen molar-refractivity contribution in [3.63, 3.8) is 0 Å². The zero-order chi connectivity index (χ0) is 14.7. The van der Waals surface area contributed by atoms with Gasteiger partial charge in [-0.3, -0.25) is 0 Å². The molecule has 3 rings (SSSR count). The molecule has 5 heteroatoms. The molecule has 0 bridgehead atoms. The summed E-state index contributed by atoms with van der Waals surface area (Å²) in [6.45, 7) is 5.09. The van der Waals surface area contributed by atoms with Crippen LogP contribution in [0.25, 0.3) is 11.1 Å². The number of rotatable bonds is 5. The van der Waals surface area contributed by atoms with Crippen LogP contribution >= 0.6 is 11.8 Å². The molecule has 4 nitrogen and oxygen atoms in total. The van der Waals surface area contributed by atoms with Crippen LogP contribution in [0.2, 0.25) is 0 Å². The predicted molar refractivity (Wildman–Crippen MR) is 84.3 cm³/mol. The SMILES string of the molecule is CC(C)NCc1ccc(Sc2nc3ccccc3o2)nc1. The lowest BCUT2D eigenvalue weighted by molar-refractivity contribution is 0.489. The van der Waals surface area contributed by atoms with E-state index >= 15 is 0 Å². The molecule has 0 saturated carbocycles. The normalized spacial score (nSPS) is 11.4. The molecule has 2 aromatic heterocycles. The molecule has 108 valence electrons. The number of fused-ring (bicyclic) bond motifs is 1. The summed E-state index contributed by atoms with van der Waals surface area (Å²) in [5, 5.41) is 4.88. The third-order valence-electron chi connectivity index (χ3n) is 2.98. The van der Waals surface area contributed by atoms with Crippen LogP contribution in [-0.2, 0) is 6.54 Å². The van der Waals surface area contributed by atoms with Crippen molar-refractivity contribution in [2.24, 2.45) is 0 Å². The Morgan fingerprint density at radius 2 is 2.05 bits per heavy atom. The van der Waals surface area contributed by atoms with Gasteiger partial charge in [0.25, 0.3) is 5.22 Å². The van der Waals surface area contributed by atoms with Gasteiger partial charge < -0.3 is 9.73 Å². The molecular formula is C16H17N3OS. The Balaban J connectivity index is 1.69. The highest BCUT2D eigenvalue weighted by Gasteiger charge is 2.07. The van der Waals surface area contributed by atoms with Gasteiger partial charge in [0.05, 0.1) is 0 Å². The van der Waals surface area contributed by atoms with E-state index < -0.39 is 0 Å². The van der Waals surface area contributed by atoms with Crippen molar-refractivity contribution in [3.8, 4) is 0 Å². The second kappa shape index (κ2) is 6.28. The molecule has 0 amide bonds. The molecule has 0 radical (unpaired) electrons. The van der Waals surface area contributed by atoms with Crippen LogP contribution in [0.4, 0.5) is 0 Å². The van der Waals surface area contributed by atoms with Crippen molar-refractivity contribution in [3.05, 3.63) is 48.2 Å². The van der Waals surface area contributed by atoms with E-state index in [0.717, 1.165) is 22.7 Å². The Hall–Kier alpha value is -1.85. The quantitative estimate of drug-likeness (QED) is 0.775. The van der Waals surface area contributed by atoms with Crippen LogP contribution in [0, 0.1) is 0 Å². The Bertz CT molecular complexity index is 689. The second-order valence-electron chi connectivity index (χ2n) is 5.09. The molecule has 21 heavy (non-hydrogen) atoms. The van der Waals surface area contributed by atoms with Gasteiger partial charge in [0.2, 0.25) is 0 Å². The van der Waals surface area contributed by atoms with Crippen molar-refractivity contribution in [2.75, 3.05) is 0 Å². The van der Waals surface area contributed by atoms with E-state index in [1.54, 1.807) is 0 Å². The number of pyridine rings is 1. The molecule has 0 spiro atoms. The number of nitrogens with zero attached hydrogens (tertiary/aromatic N) is 2. The van der Waals surface area contributed by atoms with Crippen LogP contribution in [0.3, 0.4) is 0 Å². The zero-order valence-corrected chi connectivity index (χ0v) is 12.9.